The second-order valence-electron chi connectivity index (χ2n) is 4.49. The fraction of sp³-hybridized carbons (Fsp3) is 1.00. The normalized spacial score (nSPS) is 34.8. The molecule has 0 radical (unpaired) electrons. The van der Waals surface area contributed by atoms with Gasteiger partial charge in [0, 0.05) is 6.61 Å². The average Bonchev–Trinajstić information content (AvgIpc) is 2.03. The summed E-state index contributed by atoms with van der Waals surface area (Å²) in [6.45, 7) is 5.57. The van der Waals surface area contributed by atoms with Crippen LogP contribution in [0.5, 0.6) is 0 Å². The van der Waals surface area contributed by atoms with E-state index in [1.54, 1.807) is 0 Å². The molecule has 0 aromatic heterocycles. The van der Waals surface area contributed by atoms with E-state index in [4.69, 9.17) is 4.74 Å². The second kappa shape index (κ2) is 5.92. The Balaban J connectivity index is 2.17. The molecular formula is C11H22OS. The van der Waals surface area contributed by atoms with Gasteiger partial charge in [-0.05, 0) is 43.3 Å². The maximum absolute atomic E-state index is 5.82. The zero-order valence-electron chi connectivity index (χ0n) is 8.83. The monoisotopic (exact) mass is 202 g/mol. The van der Waals surface area contributed by atoms with Crippen LogP contribution in [0.4, 0.5) is 0 Å². The number of ether oxygens (including phenoxy) is 1. The summed E-state index contributed by atoms with van der Waals surface area (Å²) in [5, 5.41) is 0. The van der Waals surface area contributed by atoms with E-state index in [1.807, 2.05) is 0 Å². The predicted molar refractivity (Wildman–Crippen MR) is 60.4 cm³/mol. The van der Waals surface area contributed by atoms with Crippen molar-refractivity contribution in [2.75, 3.05) is 12.4 Å². The van der Waals surface area contributed by atoms with Crippen molar-refractivity contribution in [3.8, 4) is 0 Å². The van der Waals surface area contributed by atoms with Crippen molar-refractivity contribution in [2.45, 2.75) is 45.6 Å². The number of rotatable bonds is 4. The first-order chi connectivity index (χ1) is 6.22. The summed E-state index contributed by atoms with van der Waals surface area (Å²) in [6, 6.07) is 0. The summed E-state index contributed by atoms with van der Waals surface area (Å²) in [4.78, 5) is 0. The highest BCUT2D eigenvalue weighted by molar-refractivity contribution is 7.80. The van der Waals surface area contributed by atoms with Gasteiger partial charge < -0.3 is 4.74 Å². The van der Waals surface area contributed by atoms with Crippen molar-refractivity contribution >= 4 is 12.6 Å². The molecule has 1 saturated carbocycles. The zero-order chi connectivity index (χ0) is 9.68. The molecule has 2 unspecified atom stereocenters. The molecule has 1 nitrogen and oxygen atoms in total. The third-order valence-electron chi connectivity index (χ3n) is 2.79. The van der Waals surface area contributed by atoms with Gasteiger partial charge in [-0.15, -0.1) is 0 Å². The van der Waals surface area contributed by atoms with Gasteiger partial charge in [0.25, 0.3) is 0 Å². The fourth-order valence-corrected chi connectivity index (χ4v) is 2.45. The summed E-state index contributed by atoms with van der Waals surface area (Å²) in [5.41, 5.74) is 0. The summed E-state index contributed by atoms with van der Waals surface area (Å²) in [6.07, 6.45) is 5.52. The molecule has 2 heteroatoms. The van der Waals surface area contributed by atoms with E-state index in [9.17, 15) is 0 Å². The minimum absolute atomic E-state index is 0.527. The van der Waals surface area contributed by atoms with E-state index in [-0.39, 0.29) is 0 Å². The van der Waals surface area contributed by atoms with Gasteiger partial charge >= 0.3 is 0 Å². The molecule has 2 atom stereocenters. The molecule has 13 heavy (non-hydrogen) atoms. The Hall–Kier alpha value is 0.310. The topological polar surface area (TPSA) is 9.23 Å². The first kappa shape index (κ1) is 11.4. The van der Waals surface area contributed by atoms with E-state index in [1.165, 1.54) is 19.3 Å². The summed E-state index contributed by atoms with van der Waals surface area (Å²) >= 11 is 4.17. The second-order valence-corrected chi connectivity index (χ2v) is 4.93. The van der Waals surface area contributed by atoms with Crippen molar-refractivity contribution in [1.29, 1.82) is 0 Å². The smallest absolute Gasteiger partial charge is 0.0580 e. The lowest BCUT2D eigenvalue weighted by molar-refractivity contribution is 0.00176. The van der Waals surface area contributed by atoms with Crippen LogP contribution in [-0.4, -0.2) is 18.5 Å². The highest BCUT2D eigenvalue weighted by Crippen LogP contribution is 2.30. The average molecular weight is 202 g/mol. The molecule has 78 valence electrons. The molecule has 0 heterocycles. The SMILES string of the molecule is CC1CC(C)CC(OCCCS)C1. The van der Waals surface area contributed by atoms with Crippen LogP contribution in [0.3, 0.4) is 0 Å². The molecule has 0 amide bonds. The first-order valence-corrected chi connectivity index (χ1v) is 6.08. The van der Waals surface area contributed by atoms with Gasteiger partial charge in [-0.25, -0.2) is 0 Å². The summed E-state index contributed by atoms with van der Waals surface area (Å²) < 4.78 is 5.82. The van der Waals surface area contributed by atoms with Gasteiger partial charge in [0.15, 0.2) is 0 Å². The van der Waals surface area contributed by atoms with Crippen molar-refractivity contribution < 1.29 is 4.74 Å². The predicted octanol–water partition coefficient (Wildman–Crippen LogP) is 3.15. The number of hydrogen-bond acceptors (Lipinski definition) is 2. The molecule has 1 aliphatic carbocycles. The fourth-order valence-electron chi connectivity index (χ4n) is 2.32. The minimum Gasteiger partial charge on any atom is -0.378 e. The van der Waals surface area contributed by atoms with Gasteiger partial charge in [-0.3, -0.25) is 0 Å². The maximum Gasteiger partial charge on any atom is 0.0580 e. The Kier molecular flexibility index (Phi) is 5.18. The Morgan fingerprint density at radius 1 is 1.15 bits per heavy atom. The van der Waals surface area contributed by atoms with Crippen molar-refractivity contribution in [3.63, 3.8) is 0 Å². The van der Waals surface area contributed by atoms with Gasteiger partial charge in [-0.1, -0.05) is 13.8 Å². The van der Waals surface area contributed by atoms with Gasteiger partial charge in [0.2, 0.25) is 0 Å². The minimum atomic E-state index is 0.527. The molecule has 0 spiro atoms. The number of thiol groups is 1. The Morgan fingerprint density at radius 3 is 2.31 bits per heavy atom. The van der Waals surface area contributed by atoms with Crippen LogP contribution < -0.4 is 0 Å². The van der Waals surface area contributed by atoms with E-state index >= 15 is 0 Å². The van der Waals surface area contributed by atoms with Crippen LogP contribution in [0.15, 0.2) is 0 Å². The van der Waals surface area contributed by atoms with Crippen LogP contribution in [-0.2, 0) is 4.74 Å². The summed E-state index contributed by atoms with van der Waals surface area (Å²) in [5.74, 6) is 2.65. The molecule has 1 rings (SSSR count). The Morgan fingerprint density at radius 2 is 1.77 bits per heavy atom. The van der Waals surface area contributed by atoms with Gasteiger partial charge in [0.05, 0.1) is 6.10 Å². The van der Waals surface area contributed by atoms with Gasteiger partial charge in [-0.2, -0.15) is 12.6 Å². The van der Waals surface area contributed by atoms with Crippen molar-refractivity contribution in [3.05, 3.63) is 0 Å². The zero-order valence-corrected chi connectivity index (χ0v) is 9.72. The molecule has 1 aliphatic rings. The van der Waals surface area contributed by atoms with Crippen LogP contribution in [0.25, 0.3) is 0 Å². The maximum atomic E-state index is 5.82. The quantitative estimate of drug-likeness (QED) is 0.544. The first-order valence-electron chi connectivity index (χ1n) is 5.44. The molecule has 1 fully saturated rings. The number of hydrogen-bond donors (Lipinski definition) is 1. The molecule has 0 bridgehead atoms. The molecule has 0 N–H and O–H groups in total. The van der Waals surface area contributed by atoms with Crippen molar-refractivity contribution in [1.82, 2.24) is 0 Å². The lowest BCUT2D eigenvalue weighted by atomic mass is 9.82. The molecule has 0 aromatic rings. The third-order valence-corrected chi connectivity index (χ3v) is 3.11. The van der Waals surface area contributed by atoms with Crippen LogP contribution in [0.1, 0.15) is 39.5 Å². The molecule has 0 aromatic carbocycles. The highest BCUT2D eigenvalue weighted by Gasteiger charge is 2.23. The molecule has 0 aliphatic heterocycles. The summed E-state index contributed by atoms with van der Waals surface area (Å²) in [7, 11) is 0. The van der Waals surface area contributed by atoms with Crippen LogP contribution in [0, 0.1) is 11.8 Å². The van der Waals surface area contributed by atoms with E-state index in [0.717, 1.165) is 30.6 Å². The third kappa shape index (κ3) is 4.37. The van der Waals surface area contributed by atoms with Crippen molar-refractivity contribution in [2.24, 2.45) is 11.8 Å². The van der Waals surface area contributed by atoms with E-state index in [0.29, 0.717) is 6.10 Å². The lowest BCUT2D eigenvalue weighted by Gasteiger charge is -2.31. The Bertz CT molecular complexity index is 128. The standard InChI is InChI=1S/C11H22OS/c1-9-6-10(2)8-11(7-9)12-4-3-5-13/h9-11,13H,3-8H2,1-2H3. The van der Waals surface area contributed by atoms with Crippen LogP contribution in [0.2, 0.25) is 0 Å². The van der Waals surface area contributed by atoms with E-state index < -0.39 is 0 Å². The Labute approximate surface area is 87.7 Å². The van der Waals surface area contributed by atoms with E-state index in [2.05, 4.69) is 26.5 Å². The highest BCUT2D eigenvalue weighted by atomic mass is 32.1. The van der Waals surface area contributed by atoms with Crippen LogP contribution >= 0.6 is 12.6 Å². The molecular weight excluding hydrogens is 180 g/mol. The molecule has 0 saturated heterocycles. The largest absolute Gasteiger partial charge is 0.378 e. The lowest BCUT2D eigenvalue weighted by Crippen LogP contribution is -2.26. The van der Waals surface area contributed by atoms with Gasteiger partial charge in [0.1, 0.15) is 0 Å².